The third-order valence-electron chi connectivity index (χ3n) is 2.86. The summed E-state index contributed by atoms with van der Waals surface area (Å²) in [6, 6.07) is 0.0652. The van der Waals surface area contributed by atoms with Crippen molar-refractivity contribution in [1.29, 1.82) is 0 Å². The fourth-order valence-electron chi connectivity index (χ4n) is 1.76. The highest BCUT2D eigenvalue weighted by molar-refractivity contribution is 5.73. The van der Waals surface area contributed by atoms with Gasteiger partial charge in [-0.2, -0.15) is 0 Å². The van der Waals surface area contributed by atoms with Gasteiger partial charge in [0.1, 0.15) is 0 Å². The Kier molecular flexibility index (Phi) is 7.91. The predicted octanol–water partition coefficient (Wildman–Crippen LogP) is -0.183. The lowest BCUT2D eigenvalue weighted by molar-refractivity contribution is -0.149. The Morgan fingerprint density at radius 1 is 1.28 bits per heavy atom. The van der Waals surface area contributed by atoms with Crippen LogP contribution >= 0.6 is 0 Å². The SMILES string of the molecule is CNC1COCC1C(=O)OCCCOCCOC. The molecule has 1 N–H and O–H groups in total. The first-order valence-electron chi connectivity index (χ1n) is 6.28. The fraction of sp³-hybridized carbons (Fsp3) is 0.917. The molecule has 1 saturated heterocycles. The highest BCUT2D eigenvalue weighted by atomic mass is 16.5. The predicted molar refractivity (Wildman–Crippen MR) is 65.4 cm³/mol. The van der Waals surface area contributed by atoms with Gasteiger partial charge in [0.15, 0.2) is 0 Å². The molecule has 1 heterocycles. The van der Waals surface area contributed by atoms with E-state index in [0.29, 0.717) is 46.1 Å². The number of likely N-dealkylation sites (N-methyl/N-ethyl adjacent to an activating group) is 1. The summed E-state index contributed by atoms with van der Waals surface area (Å²) in [6.45, 7) is 3.13. The van der Waals surface area contributed by atoms with Gasteiger partial charge in [-0.1, -0.05) is 0 Å². The third-order valence-corrected chi connectivity index (χ3v) is 2.86. The molecule has 0 spiro atoms. The molecule has 0 radical (unpaired) electrons. The molecule has 0 aromatic rings. The minimum atomic E-state index is -0.191. The van der Waals surface area contributed by atoms with Crippen molar-refractivity contribution in [2.24, 2.45) is 5.92 Å². The van der Waals surface area contributed by atoms with Crippen molar-refractivity contribution in [2.75, 3.05) is 53.8 Å². The van der Waals surface area contributed by atoms with Crippen molar-refractivity contribution >= 4 is 5.97 Å². The highest BCUT2D eigenvalue weighted by Crippen LogP contribution is 2.15. The molecule has 1 rings (SSSR count). The zero-order valence-electron chi connectivity index (χ0n) is 11.1. The zero-order valence-corrected chi connectivity index (χ0v) is 11.1. The summed E-state index contributed by atoms with van der Waals surface area (Å²) in [5, 5.41) is 3.06. The van der Waals surface area contributed by atoms with Crippen molar-refractivity contribution < 1.29 is 23.7 Å². The minimum absolute atomic E-state index is 0.0652. The molecule has 18 heavy (non-hydrogen) atoms. The molecule has 0 amide bonds. The molecule has 6 heteroatoms. The average molecular weight is 261 g/mol. The standard InChI is InChI=1S/C12H23NO5/c1-13-11-9-17-8-10(11)12(14)18-5-3-4-16-7-6-15-2/h10-11,13H,3-9H2,1-2H3. The Bertz CT molecular complexity index is 237. The largest absolute Gasteiger partial charge is 0.465 e. The van der Waals surface area contributed by atoms with Crippen LogP contribution in [0.2, 0.25) is 0 Å². The van der Waals surface area contributed by atoms with Crippen LogP contribution in [-0.4, -0.2) is 65.8 Å². The first-order chi connectivity index (χ1) is 8.79. The molecule has 0 saturated carbocycles. The molecule has 1 aliphatic heterocycles. The Balaban J connectivity index is 2.03. The minimum Gasteiger partial charge on any atom is -0.465 e. The van der Waals surface area contributed by atoms with Gasteiger partial charge in [-0.05, 0) is 7.05 Å². The fourth-order valence-corrected chi connectivity index (χ4v) is 1.76. The summed E-state index contributed by atoms with van der Waals surface area (Å²) >= 11 is 0. The Labute approximate surface area is 108 Å². The number of hydrogen-bond donors (Lipinski definition) is 1. The van der Waals surface area contributed by atoms with E-state index in [2.05, 4.69) is 5.32 Å². The number of nitrogens with one attached hydrogen (secondary N) is 1. The van der Waals surface area contributed by atoms with Gasteiger partial charge in [-0.25, -0.2) is 0 Å². The van der Waals surface area contributed by atoms with E-state index < -0.39 is 0 Å². The van der Waals surface area contributed by atoms with Gasteiger partial charge in [0, 0.05) is 26.2 Å². The summed E-state index contributed by atoms with van der Waals surface area (Å²) in [5.41, 5.74) is 0. The second-order valence-electron chi connectivity index (χ2n) is 4.17. The average Bonchev–Trinajstić information content (AvgIpc) is 2.85. The number of rotatable bonds is 9. The van der Waals surface area contributed by atoms with E-state index in [1.54, 1.807) is 7.11 Å². The lowest BCUT2D eigenvalue weighted by Crippen LogP contribution is -2.38. The maximum Gasteiger partial charge on any atom is 0.312 e. The van der Waals surface area contributed by atoms with Crippen LogP contribution in [0.25, 0.3) is 0 Å². The van der Waals surface area contributed by atoms with Gasteiger partial charge in [-0.3, -0.25) is 4.79 Å². The smallest absolute Gasteiger partial charge is 0.312 e. The van der Waals surface area contributed by atoms with Crippen molar-refractivity contribution in [2.45, 2.75) is 12.5 Å². The lowest BCUT2D eigenvalue weighted by Gasteiger charge is -2.15. The first-order valence-corrected chi connectivity index (χ1v) is 6.28. The van der Waals surface area contributed by atoms with Crippen LogP contribution in [0, 0.1) is 5.92 Å². The molecule has 0 aromatic carbocycles. The van der Waals surface area contributed by atoms with Crippen molar-refractivity contribution in [3.63, 3.8) is 0 Å². The van der Waals surface area contributed by atoms with Crippen LogP contribution in [0.1, 0.15) is 6.42 Å². The second-order valence-corrected chi connectivity index (χ2v) is 4.17. The van der Waals surface area contributed by atoms with E-state index in [0.717, 1.165) is 0 Å². The monoisotopic (exact) mass is 261 g/mol. The summed E-state index contributed by atoms with van der Waals surface area (Å²) in [5.74, 6) is -0.381. The van der Waals surface area contributed by atoms with Gasteiger partial charge in [0.05, 0.1) is 39.0 Å². The summed E-state index contributed by atoms with van der Waals surface area (Å²) in [6.07, 6.45) is 0.702. The summed E-state index contributed by atoms with van der Waals surface area (Å²) < 4.78 is 20.6. The van der Waals surface area contributed by atoms with Crippen molar-refractivity contribution in [3.05, 3.63) is 0 Å². The molecule has 2 unspecified atom stereocenters. The van der Waals surface area contributed by atoms with Crippen molar-refractivity contribution in [1.82, 2.24) is 5.32 Å². The number of carbonyl (C=O) groups is 1. The maximum absolute atomic E-state index is 11.7. The number of ether oxygens (including phenoxy) is 4. The highest BCUT2D eigenvalue weighted by Gasteiger charge is 2.34. The lowest BCUT2D eigenvalue weighted by atomic mass is 10.0. The van der Waals surface area contributed by atoms with Gasteiger partial charge in [0.2, 0.25) is 0 Å². The van der Waals surface area contributed by atoms with Crippen LogP contribution in [-0.2, 0) is 23.7 Å². The summed E-state index contributed by atoms with van der Waals surface area (Å²) in [7, 11) is 3.45. The Hall–Kier alpha value is -0.690. The van der Waals surface area contributed by atoms with Gasteiger partial charge in [0.25, 0.3) is 0 Å². The second kappa shape index (κ2) is 9.27. The summed E-state index contributed by atoms with van der Waals surface area (Å²) in [4.78, 5) is 11.7. The molecule has 6 nitrogen and oxygen atoms in total. The van der Waals surface area contributed by atoms with Crippen LogP contribution in [0.3, 0.4) is 0 Å². The van der Waals surface area contributed by atoms with Crippen LogP contribution < -0.4 is 5.32 Å². The van der Waals surface area contributed by atoms with E-state index in [-0.39, 0.29) is 17.9 Å². The molecule has 1 aliphatic rings. The van der Waals surface area contributed by atoms with Gasteiger partial charge < -0.3 is 24.3 Å². The van der Waals surface area contributed by atoms with E-state index in [1.807, 2.05) is 7.05 Å². The zero-order chi connectivity index (χ0) is 13.2. The topological polar surface area (TPSA) is 66.0 Å². The van der Waals surface area contributed by atoms with Crippen molar-refractivity contribution in [3.8, 4) is 0 Å². The van der Waals surface area contributed by atoms with Crippen LogP contribution in [0.4, 0.5) is 0 Å². The maximum atomic E-state index is 11.7. The molecular formula is C12H23NO5. The molecule has 1 fully saturated rings. The third kappa shape index (κ3) is 5.30. The van der Waals surface area contributed by atoms with Gasteiger partial charge in [-0.15, -0.1) is 0 Å². The van der Waals surface area contributed by atoms with E-state index in [1.165, 1.54) is 0 Å². The molecule has 0 bridgehead atoms. The Morgan fingerprint density at radius 3 is 2.83 bits per heavy atom. The first kappa shape index (κ1) is 15.4. The number of hydrogen-bond acceptors (Lipinski definition) is 6. The normalized spacial score (nSPS) is 23.2. The van der Waals surface area contributed by atoms with E-state index >= 15 is 0 Å². The van der Waals surface area contributed by atoms with E-state index in [4.69, 9.17) is 18.9 Å². The van der Waals surface area contributed by atoms with E-state index in [9.17, 15) is 4.79 Å². The van der Waals surface area contributed by atoms with Gasteiger partial charge >= 0.3 is 5.97 Å². The Morgan fingerprint density at radius 2 is 2.11 bits per heavy atom. The number of carbonyl (C=O) groups excluding carboxylic acids is 1. The molecule has 2 atom stereocenters. The number of esters is 1. The number of methoxy groups -OCH3 is 1. The quantitative estimate of drug-likeness (QED) is 0.459. The van der Waals surface area contributed by atoms with Crippen LogP contribution in [0.5, 0.6) is 0 Å². The molecule has 106 valence electrons. The van der Waals surface area contributed by atoms with Crippen LogP contribution in [0.15, 0.2) is 0 Å². The molecule has 0 aromatic heterocycles. The molecular weight excluding hydrogens is 238 g/mol. The molecule has 0 aliphatic carbocycles.